The van der Waals surface area contributed by atoms with E-state index in [1.54, 1.807) is 0 Å². The maximum absolute atomic E-state index is 11.4. The summed E-state index contributed by atoms with van der Waals surface area (Å²) < 4.78 is 5.52. The molecule has 0 amide bonds. The summed E-state index contributed by atoms with van der Waals surface area (Å²) >= 11 is 0. The van der Waals surface area contributed by atoms with E-state index in [2.05, 4.69) is 12.2 Å². The molecule has 2 N–H and O–H groups in total. The second-order valence-corrected chi connectivity index (χ2v) is 5.48. The van der Waals surface area contributed by atoms with Crippen LogP contribution in [0.1, 0.15) is 37.7 Å². The van der Waals surface area contributed by atoms with Crippen molar-refractivity contribution in [1.29, 1.82) is 0 Å². The average molecular weight is 277 g/mol. The lowest BCUT2D eigenvalue weighted by molar-refractivity contribution is -0.139. The molecule has 3 unspecified atom stereocenters. The number of rotatable bonds is 7. The Balaban J connectivity index is 1.86. The number of hydrogen-bond donors (Lipinski definition) is 2. The Hall–Kier alpha value is -1.39. The Kier molecular flexibility index (Phi) is 5.56. The van der Waals surface area contributed by atoms with Crippen LogP contribution in [0.4, 0.5) is 0 Å². The third-order valence-electron chi connectivity index (χ3n) is 3.87. The number of carbonyl (C=O) groups is 1. The Morgan fingerprint density at radius 1 is 1.45 bits per heavy atom. The van der Waals surface area contributed by atoms with E-state index in [-0.39, 0.29) is 12.0 Å². The second-order valence-electron chi connectivity index (χ2n) is 5.48. The first kappa shape index (κ1) is 15.0. The number of hydrogen-bond acceptors (Lipinski definition) is 3. The minimum absolute atomic E-state index is 0.170. The number of carboxylic acids is 1. The highest BCUT2D eigenvalue weighted by Gasteiger charge is 2.23. The first-order valence-corrected chi connectivity index (χ1v) is 7.29. The van der Waals surface area contributed by atoms with Crippen molar-refractivity contribution in [3.8, 4) is 0 Å². The summed E-state index contributed by atoms with van der Waals surface area (Å²) in [6.07, 6.45) is 2.85. The van der Waals surface area contributed by atoms with Gasteiger partial charge in [0.1, 0.15) is 6.04 Å². The largest absolute Gasteiger partial charge is 0.480 e. The third-order valence-corrected chi connectivity index (χ3v) is 3.87. The summed E-state index contributed by atoms with van der Waals surface area (Å²) in [5, 5.41) is 12.5. The van der Waals surface area contributed by atoms with Crippen LogP contribution in [0.2, 0.25) is 0 Å². The normalized spacial score (nSPS) is 21.6. The molecule has 0 aliphatic carbocycles. The number of ether oxygens (including phenoxy) is 1. The molecule has 2 rings (SSSR count). The van der Waals surface area contributed by atoms with Gasteiger partial charge in [-0.05, 0) is 30.7 Å². The first-order chi connectivity index (χ1) is 9.66. The summed E-state index contributed by atoms with van der Waals surface area (Å²) in [5.41, 5.74) is 1.18. The molecule has 0 bridgehead atoms. The average Bonchev–Trinajstić information content (AvgIpc) is 2.97. The molecule has 4 nitrogen and oxygen atoms in total. The summed E-state index contributed by atoms with van der Waals surface area (Å²) in [4.78, 5) is 11.4. The molecule has 0 spiro atoms. The van der Waals surface area contributed by atoms with E-state index in [9.17, 15) is 9.90 Å². The van der Waals surface area contributed by atoms with E-state index >= 15 is 0 Å². The van der Waals surface area contributed by atoms with Crippen LogP contribution in [0.5, 0.6) is 0 Å². The van der Waals surface area contributed by atoms with Crippen LogP contribution < -0.4 is 5.32 Å². The van der Waals surface area contributed by atoms with Crippen LogP contribution in [0, 0.1) is 0 Å². The van der Waals surface area contributed by atoms with Gasteiger partial charge in [-0.2, -0.15) is 0 Å². The minimum Gasteiger partial charge on any atom is -0.480 e. The summed E-state index contributed by atoms with van der Waals surface area (Å²) in [5.74, 6) is -0.569. The highest BCUT2D eigenvalue weighted by atomic mass is 16.5. The maximum atomic E-state index is 11.4. The van der Waals surface area contributed by atoms with Crippen LogP contribution in [-0.4, -0.2) is 36.4 Å². The Bertz CT molecular complexity index is 415. The number of benzene rings is 1. The maximum Gasteiger partial charge on any atom is 0.320 e. The Morgan fingerprint density at radius 3 is 2.80 bits per heavy atom. The fourth-order valence-corrected chi connectivity index (χ4v) is 2.62. The molecule has 0 radical (unpaired) electrons. The van der Waals surface area contributed by atoms with Gasteiger partial charge in [0.05, 0.1) is 6.10 Å². The fraction of sp³-hybridized carbons (Fsp3) is 0.562. The zero-order chi connectivity index (χ0) is 14.4. The standard InChI is InChI=1S/C16H23NO3/c1-12(13-6-3-2-4-7-13)10-15(16(18)19)17-11-14-8-5-9-20-14/h2-4,6-7,12,14-15,17H,5,8-11H2,1H3,(H,18,19). The fourth-order valence-electron chi connectivity index (χ4n) is 2.62. The molecule has 4 heteroatoms. The zero-order valence-corrected chi connectivity index (χ0v) is 11.9. The van der Waals surface area contributed by atoms with Crippen molar-refractivity contribution in [3.63, 3.8) is 0 Å². The van der Waals surface area contributed by atoms with Gasteiger partial charge in [0, 0.05) is 13.2 Å². The molecular weight excluding hydrogens is 254 g/mol. The highest BCUT2D eigenvalue weighted by molar-refractivity contribution is 5.73. The van der Waals surface area contributed by atoms with Gasteiger partial charge in [-0.15, -0.1) is 0 Å². The molecule has 1 heterocycles. The molecule has 1 aromatic carbocycles. The molecular formula is C16H23NO3. The summed E-state index contributed by atoms with van der Waals surface area (Å²) in [7, 11) is 0. The molecule has 3 atom stereocenters. The lowest BCUT2D eigenvalue weighted by Gasteiger charge is -2.21. The number of carboxylic acid groups (broad SMARTS) is 1. The van der Waals surface area contributed by atoms with Crippen LogP contribution in [-0.2, 0) is 9.53 Å². The van der Waals surface area contributed by atoms with Crippen molar-refractivity contribution in [3.05, 3.63) is 35.9 Å². The molecule has 0 aromatic heterocycles. The van der Waals surface area contributed by atoms with Gasteiger partial charge in [0.15, 0.2) is 0 Å². The molecule has 20 heavy (non-hydrogen) atoms. The quantitative estimate of drug-likeness (QED) is 0.803. The SMILES string of the molecule is CC(CC(NCC1CCCO1)C(=O)O)c1ccccc1. The van der Waals surface area contributed by atoms with Crippen LogP contribution in [0.25, 0.3) is 0 Å². The lowest BCUT2D eigenvalue weighted by Crippen LogP contribution is -2.41. The van der Waals surface area contributed by atoms with Crippen molar-refractivity contribution < 1.29 is 14.6 Å². The Labute approximate surface area is 120 Å². The number of nitrogens with one attached hydrogen (secondary N) is 1. The molecule has 110 valence electrons. The topological polar surface area (TPSA) is 58.6 Å². The van der Waals surface area contributed by atoms with Crippen molar-refractivity contribution >= 4 is 5.97 Å². The molecule has 1 aliphatic heterocycles. The van der Waals surface area contributed by atoms with Gasteiger partial charge in [-0.3, -0.25) is 4.79 Å². The highest BCUT2D eigenvalue weighted by Crippen LogP contribution is 2.20. The predicted octanol–water partition coefficient (Wildman–Crippen LogP) is 2.40. The first-order valence-electron chi connectivity index (χ1n) is 7.29. The minimum atomic E-state index is -0.786. The van der Waals surface area contributed by atoms with E-state index in [4.69, 9.17) is 4.74 Å². The van der Waals surface area contributed by atoms with Crippen LogP contribution >= 0.6 is 0 Å². The Morgan fingerprint density at radius 2 is 2.20 bits per heavy atom. The van der Waals surface area contributed by atoms with E-state index in [1.807, 2.05) is 30.3 Å². The van der Waals surface area contributed by atoms with Crippen LogP contribution in [0.3, 0.4) is 0 Å². The van der Waals surface area contributed by atoms with Gasteiger partial charge < -0.3 is 15.2 Å². The molecule has 0 saturated carbocycles. The van der Waals surface area contributed by atoms with Gasteiger partial charge in [-0.25, -0.2) is 0 Å². The van der Waals surface area contributed by atoms with E-state index < -0.39 is 12.0 Å². The van der Waals surface area contributed by atoms with E-state index in [1.165, 1.54) is 5.56 Å². The molecule has 1 aromatic rings. The van der Waals surface area contributed by atoms with E-state index in [0.717, 1.165) is 19.4 Å². The van der Waals surface area contributed by atoms with Crippen molar-refractivity contribution in [2.24, 2.45) is 0 Å². The third kappa shape index (κ3) is 4.32. The van der Waals surface area contributed by atoms with Crippen LogP contribution in [0.15, 0.2) is 30.3 Å². The van der Waals surface area contributed by atoms with Crippen molar-refractivity contribution in [1.82, 2.24) is 5.32 Å². The molecule has 1 fully saturated rings. The van der Waals surface area contributed by atoms with Crippen molar-refractivity contribution in [2.45, 2.75) is 44.2 Å². The monoisotopic (exact) mass is 277 g/mol. The number of aliphatic carboxylic acids is 1. The van der Waals surface area contributed by atoms with Crippen molar-refractivity contribution in [2.75, 3.05) is 13.2 Å². The lowest BCUT2D eigenvalue weighted by atomic mass is 9.94. The molecule has 1 saturated heterocycles. The van der Waals surface area contributed by atoms with Gasteiger partial charge in [0.25, 0.3) is 0 Å². The smallest absolute Gasteiger partial charge is 0.320 e. The second kappa shape index (κ2) is 7.41. The van der Waals surface area contributed by atoms with Gasteiger partial charge >= 0.3 is 5.97 Å². The zero-order valence-electron chi connectivity index (χ0n) is 11.9. The summed E-state index contributed by atoms with van der Waals surface area (Å²) in [6, 6.07) is 9.52. The van der Waals surface area contributed by atoms with Gasteiger partial charge in [-0.1, -0.05) is 37.3 Å². The van der Waals surface area contributed by atoms with Gasteiger partial charge in [0.2, 0.25) is 0 Å². The predicted molar refractivity (Wildman–Crippen MR) is 77.9 cm³/mol. The molecule has 1 aliphatic rings. The van der Waals surface area contributed by atoms with E-state index in [0.29, 0.717) is 13.0 Å². The summed E-state index contributed by atoms with van der Waals surface area (Å²) in [6.45, 7) is 3.49.